The minimum absolute atomic E-state index is 0.0280. The van der Waals surface area contributed by atoms with Crippen LogP contribution < -0.4 is 10.5 Å². The maximum Gasteiger partial charge on any atom is 0.241 e. The number of aryl methyl sites for hydroxylation is 1. The SMILES string of the molecule is Cc1ccc(S(=O)(=O)NC23CCC(CO)(CC2)OC3)cc1-c1cnc(N)cn1. The van der Waals surface area contributed by atoms with Gasteiger partial charge in [0.1, 0.15) is 5.82 Å². The highest BCUT2D eigenvalue weighted by Gasteiger charge is 2.51. The van der Waals surface area contributed by atoms with Gasteiger partial charge in [-0.1, -0.05) is 6.07 Å². The fraction of sp³-hybridized carbons (Fsp3) is 0.474. The summed E-state index contributed by atoms with van der Waals surface area (Å²) in [6, 6.07) is 4.96. The van der Waals surface area contributed by atoms with Gasteiger partial charge in [-0.05, 0) is 50.3 Å². The molecular formula is C19H24N4O4S. The number of nitrogen functional groups attached to an aromatic ring is 1. The molecule has 2 bridgehead atoms. The van der Waals surface area contributed by atoms with E-state index in [-0.39, 0.29) is 18.1 Å². The molecule has 1 aromatic carbocycles. The highest BCUT2D eigenvalue weighted by atomic mass is 32.2. The molecule has 9 heteroatoms. The molecule has 2 aromatic rings. The maximum absolute atomic E-state index is 13.1. The molecule has 0 unspecified atom stereocenters. The van der Waals surface area contributed by atoms with Crippen LogP contribution in [0.5, 0.6) is 0 Å². The molecule has 0 amide bonds. The van der Waals surface area contributed by atoms with Crippen LogP contribution in [-0.2, 0) is 14.8 Å². The zero-order valence-electron chi connectivity index (χ0n) is 15.7. The third kappa shape index (κ3) is 3.39. The molecule has 28 heavy (non-hydrogen) atoms. The Kier molecular flexibility index (Phi) is 4.65. The summed E-state index contributed by atoms with van der Waals surface area (Å²) in [6.45, 7) is 2.13. The summed E-state index contributed by atoms with van der Waals surface area (Å²) < 4.78 is 34.9. The van der Waals surface area contributed by atoms with Crippen LogP contribution in [0.4, 0.5) is 5.82 Å². The molecule has 3 heterocycles. The number of aliphatic hydroxyl groups is 1. The number of benzene rings is 1. The quantitative estimate of drug-likeness (QED) is 0.687. The van der Waals surface area contributed by atoms with Crippen LogP contribution in [0, 0.1) is 6.92 Å². The van der Waals surface area contributed by atoms with Gasteiger partial charge in [0.05, 0.1) is 47.3 Å². The average molecular weight is 404 g/mol. The van der Waals surface area contributed by atoms with E-state index in [1.165, 1.54) is 12.4 Å². The van der Waals surface area contributed by atoms with Crippen LogP contribution in [0.25, 0.3) is 11.3 Å². The van der Waals surface area contributed by atoms with Crippen LogP contribution >= 0.6 is 0 Å². The minimum atomic E-state index is -3.75. The van der Waals surface area contributed by atoms with E-state index >= 15 is 0 Å². The Bertz CT molecular complexity index is 967. The summed E-state index contributed by atoms with van der Waals surface area (Å²) in [6.07, 6.45) is 5.56. The Morgan fingerprint density at radius 1 is 1.21 bits per heavy atom. The smallest absolute Gasteiger partial charge is 0.241 e. The highest BCUT2D eigenvalue weighted by molar-refractivity contribution is 7.89. The van der Waals surface area contributed by atoms with Crippen molar-refractivity contribution in [3.05, 3.63) is 36.2 Å². The highest BCUT2D eigenvalue weighted by Crippen LogP contribution is 2.44. The first-order valence-corrected chi connectivity index (χ1v) is 10.7. The van der Waals surface area contributed by atoms with Gasteiger partial charge in [0.2, 0.25) is 10.0 Å². The van der Waals surface area contributed by atoms with Crippen molar-refractivity contribution in [2.45, 2.75) is 48.6 Å². The Morgan fingerprint density at radius 2 is 1.96 bits per heavy atom. The lowest BCUT2D eigenvalue weighted by Crippen LogP contribution is -2.63. The number of hydrogen-bond acceptors (Lipinski definition) is 7. The van der Waals surface area contributed by atoms with Crippen LogP contribution in [0.1, 0.15) is 31.2 Å². The third-order valence-electron chi connectivity index (χ3n) is 5.88. The number of nitrogens with two attached hydrogens (primary N) is 1. The lowest BCUT2D eigenvalue weighted by atomic mass is 9.72. The molecule has 0 radical (unpaired) electrons. The average Bonchev–Trinajstić information content (AvgIpc) is 2.70. The van der Waals surface area contributed by atoms with Gasteiger partial charge in [-0.3, -0.25) is 4.98 Å². The van der Waals surface area contributed by atoms with Gasteiger partial charge in [-0.2, -0.15) is 0 Å². The number of sulfonamides is 1. The molecule has 0 spiro atoms. The Balaban J connectivity index is 1.62. The number of ether oxygens (including phenoxy) is 1. The van der Waals surface area contributed by atoms with E-state index in [1.807, 2.05) is 6.92 Å². The fourth-order valence-electron chi connectivity index (χ4n) is 3.96. The number of aliphatic hydroxyl groups excluding tert-OH is 1. The number of nitrogens with zero attached hydrogens (tertiary/aromatic N) is 2. The van der Waals surface area contributed by atoms with Crippen molar-refractivity contribution < 1.29 is 18.3 Å². The van der Waals surface area contributed by atoms with E-state index in [0.717, 1.165) is 5.56 Å². The number of aromatic nitrogens is 2. The topological polar surface area (TPSA) is 127 Å². The van der Waals surface area contributed by atoms with E-state index in [1.54, 1.807) is 18.2 Å². The van der Waals surface area contributed by atoms with Gasteiger partial charge in [0.15, 0.2) is 0 Å². The number of anilines is 1. The van der Waals surface area contributed by atoms with E-state index in [2.05, 4.69) is 14.7 Å². The summed E-state index contributed by atoms with van der Waals surface area (Å²) >= 11 is 0. The Hall–Kier alpha value is -2.07. The van der Waals surface area contributed by atoms with E-state index in [0.29, 0.717) is 42.8 Å². The molecule has 1 saturated carbocycles. The molecule has 8 nitrogen and oxygen atoms in total. The van der Waals surface area contributed by atoms with Crippen LogP contribution in [0.15, 0.2) is 35.5 Å². The molecule has 1 aliphatic carbocycles. The molecule has 4 N–H and O–H groups in total. The van der Waals surface area contributed by atoms with E-state index < -0.39 is 21.2 Å². The number of nitrogens with one attached hydrogen (secondary N) is 1. The summed E-state index contributed by atoms with van der Waals surface area (Å²) in [4.78, 5) is 8.47. The van der Waals surface area contributed by atoms with Crippen molar-refractivity contribution in [3.8, 4) is 11.3 Å². The monoisotopic (exact) mass is 404 g/mol. The first-order valence-electron chi connectivity index (χ1n) is 9.24. The minimum Gasteiger partial charge on any atom is -0.393 e. The lowest BCUT2D eigenvalue weighted by molar-refractivity contribution is -0.175. The molecule has 3 aliphatic rings. The van der Waals surface area contributed by atoms with Crippen LogP contribution in [0.2, 0.25) is 0 Å². The normalized spacial score (nSPS) is 27.1. The van der Waals surface area contributed by atoms with Gasteiger partial charge in [-0.15, -0.1) is 0 Å². The van der Waals surface area contributed by atoms with E-state index in [4.69, 9.17) is 10.5 Å². The number of fused-ring (bicyclic) bond motifs is 3. The van der Waals surface area contributed by atoms with Crippen molar-refractivity contribution >= 4 is 15.8 Å². The van der Waals surface area contributed by atoms with Gasteiger partial charge >= 0.3 is 0 Å². The first-order chi connectivity index (χ1) is 13.3. The molecule has 1 aromatic heterocycles. The Morgan fingerprint density at radius 3 is 2.54 bits per heavy atom. The second kappa shape index (κ2) is 6.77. The zero-order valence-corrected chi connectivity index (χ0v) is 16.5. The van der Waals surface area contributed by atoms with Gasteiger partial charge in [-0.25, -0.2) is 18.1 Å². The molecule has 2 aliphatic heterocycles. The van der Waals surface area contributed by atoms with Crippen molar-refractivity contribution in [2.24, 2.45) is 0 Å². The third-order valence-corrected chi connectivity index (χ3v) is 7.46. The summed E-state index contributed by atoms with van der Waals surface area (Å²) in [5.74, 6) is 0.305. The van der Waals surface area contributed by atoms with Crippen molar-refractivity contribution in [1.29, 1.82) is 0 Å². The lowest BCUT2D eigenvalue weighted by Gasteiger charge is -2.52. The molecule has 3 fully saturated rings. The number of rotatable bonds is 5. The Labute approximate surface area is 164 Å². The summed E-state index contributed by atoms with van der Waals surface area (Å²) in [5, 5.41) is 9.56. The first kappa shape index (κ1) is 19.3. The van der Waals surface area contributed by atoms with Crippen molar-refractivity contribution in [2.75, 3.05) is 18.9 Å². The molecular weight excluding hydrogens is 380 g/mol. The summed E-state index contributed by atoms with van der Waals surface area (Å²) in [5.41, 5.74) is 6.61. The predicted molar refractivity (Wildman–Crippen MR) is 104 cm³/mol. The van der Waals surface area contributed by atoms with Gasteiger partial charge in [0, 0.05) is 5.56 Å². The standard InChI is InChI=1S/C19H24N4O4S/c1-13-2-3-14(8-15(13)16-9-22-17(20)10-21-16)28(25,26)23-18-4-6-19(11-24,7-5-18)27-12-18/h2-3,8-10,23-24H,4-7,11-12H2,1H3,(H2,20,22). The van der Waals surface area contributed by atoms with Crippen LogP contribution in [-0.4, -0.2) is 47.8 Å². The summed E-state index contributed by atoms with van der Waals surface area (Å²) in [7, 11) is -3.75. The zero-order chi connectivity index (χ0) is 20.0. The van der Waals surface area contributed by atoms with Gasteiger partial charge in [0.25, 0.3) is 0 Å². The van der Waals surface area contributed by atoms with Crippen molar-refractivity contribution in [3.63, 3.8) is 0 Å². The fourth-order valence-corrected chi connectivity index (χ4v) is 5.44. The molecule has 2 saturated heterocycles. The maximum atomic E-state index is 13.1. The second-order valence-electron chi connectivity index (χ2n) is 7.82. The molecule has 0 atom stereocenters. The van der Waals surface area contributed by atoms with E-state index in [9.17, 15) is 13.5 Å². The predicted octanol–water partition coefficient (Wildman–Crippen LogP) is 1.39. The molecule has 5 rings (SSSR count). The second-order valence-corrected chi connectivity index (χ2v) is 9.50. The largest absolute Gasteiger partial charge is 0.393 e. The number of hydrogen-bond donors (Lipinski definition) is 3. The van der Waals surface area contributed by atoms with Crippen LogP contribution in [0.3, 0.4) is 0 Å². The molecule has 150 valence electrons. The van der Waals surface area contributed by atoms with Gasteiger partial charge < -0.3 is 15.6 Å². The van der Waals surface area contributed by atoms with Crippen molar-refractivity contribution in [1.82, 2.24) is 14.7 Å².